The van der Waals surface area contributed by atoms with Gasteiger partial charge in [0.05, 0.1) is 22.0 Å². The van der Waals surface area contributed by atoms with Crippen molar-refractivity contribution in [2.24, 2.45) is 0 Å². The number of aromatic nitrogens is 2. The minimum atomic E-state index is -3.29. The Labute approximate surface area is 163 Å². The van der Waals surface area contributed by atoms with E-state index < -0.39 is 15.9 Å². The molecule has 148 valence electrons. The smallest absolute Gasteiger partial charge is 0.244 e. The summed E-state index contributed by atoms with van der Waals surface area (Å²) in [5, 5.41) is 15.3. The minimum Gasteiger partial charge on any atom is -0.392 e. The number of aliphatic hydroxyl groups excluding tert-OH is 1. The van der Waals surface area contributed by atoms with Gasteiger partial charge in [-0.2, -0.15) is 0 Å². The lowest BCUT2D eigenvalue weighted by atomic mass is 10.3. The molecule has 28 heavy (non-hydrogen) atoms. The van der Waals surface area contributed by atoms with Gasteiger partial charge in [-0.05, 0) is 43.3 Å². The normalized spacial score (nSPS) is 12.7. The van der Waals surface area contributed by atoms with Crippen molar-refractivity contribution < 1.29 is 18.3 Å². The Morgan fingerprint density at radius 1 is 1.18 bits per heavy atom. The van der Waals surface area contributed by atoms with Crippen molar-refractivity contribution in [3.63, 3.8) is 0 Å². The van der Waals surface area contributed by atoms with Gasteiger partial charge in [-0.15, -0.1) is 0 Å². The molecular formula is C19H22N4O4S. The van der Waals surface area contributed by atoms with E-state index in [-0.39, 0.29) is 17.3 Å². The fraction of sp³-hybridized carbons (Fsp3) is 0.263. The van der Waals surface area contributed by atoms with Crippen molar-refractivity contribution in [1.82, 2.24) is 9.55 Å². The third-order valence-corrected chi connectivity index (χ3v) is 5.21. The number of carbonyl (C=O) groups is 1. The van der Waals surface area contributed by atoms with Gasteiger partial charge in [0.1, 0.15) is 6.54 Å². The first-order chi connectivity index (χ1) is 13.2. The number of nitrogens with one attached hydrogen (secondary N) is 2. The third kappa shape index (κ3) is 4.68. The Morgan fingerprint density at radius 3 is 2.50 bits per heavy atom. The van der Waals surface area contributed by atoms with Crippen molar-refractivity contribution in [3.8, 4) is 0 Å². The van der Waals surface area contributed by atoms with Crippen molar-refractivity contribution in [3.05, 3.63) is 48.5 Å². The van der Waals surface area contributed by atoms with Crippen LogP contribution in [0.15, 0.2) is 53.4 Å². The average Bonchev–Trinajstić information content (AvgIpc) is 2.97. The van der Waals surface area contributed by atoms with Crippen LogP contribution in [0.4, 0.5) is 11.6 Å². The number of hydrogen-bond acceptors (Lipinski definition) is 6. The van der Waals surface area contributed by atoms with E-state index in [9.17, 15) is 18.3 Å². The van der Waals surface area contributed by atoms with Gasteiger partial charge >= 0.3 is 0 Å². The van der Waals surface area contributed by atoms with Crippen LogP contribution in [0, 0.1) is 0 Å². The number of imidazole rings is 1. The van der Waals surface area contributed by atoms with E-state index in [2.05, 4.69) is 15.6 Å². The molecule has 0 radical (unpaired) electrons. The zero-order valence-corrected chi connectivity index (χ0v) is 16.4. The molecule has 1 atom stereocenters. The molecule has 0 aliphatic rings. The van der Waals surface area contributed by atoms with Gasteiger partial charge in [-0.25, -0.2) is 13.4 Å². The number of hydrogen-bond donors (Lipinski definition) is 3. The summed E-state index contributed by atoms with van der Waals surface area (Å²) in [6.07, 6.45) is 0.572. The van der Waals surface area contributed by atoms with Crippen molar-refractivity contribution >= 4 is 38.4 Å². The molecule has 3 aromatic rings. The molecule has 2 aromatic carbocycles. The second-order valence-electron chi connectivity index (χ2n) is 6.58. The van der Waals surface area contributed by atoms with Gasteiger partial charge in [0.25, 0.3) is 0 Å². The van der Waals surface area contributed by atoms with Gasteiger partial charge in [-0.3, -0.25) is 4.79 Å². The highest BCUT2D eigenvalue weighted by Gasteiger charge is 2.14. The Hall–Kier alpha value is -2.91. The van der Waals surface area contributed by atoms with E-state index in [4.69, 9.17) is 0 Å². The number of amides is 1. The highest BCUT2D eigenvalue weighted by atomic mass is 32.2. The standard InChI is InChI=1S/C19H22N4O4S/c1-13(24)11-20-19-22-16-5-3-4-6-17(16)23(19)12-18(25)21-14-7-9-15(10-8-14)28(2,26)27/h3-10,13,24H,11-12H2,1-2H3,(H,20,22)(H,21,25)/t13-/m1/s1. The van der Waals surface area contributed by atoms with E-state index in [1.54, 1.807) is 23.6 Å². The number of para-hydroxylation sites is 2. The first-order valence-electron chi connectivity index (χ1n) is 8.71. The first-order valence-corrected chi connectivity index (χ1v) is 10.6. The second kappa shape index (κ2) is 7.99. The van der Waals surface area contributed by atoms with Crippen LogP contribution >= 0.6 is 0 Å². The van der Waals surface area contributed by atoms with Crippen LogP contribution in [0.3, 0.4) is 0 Å². The maximum atomic E-state index is 12.5. The molecule has 9 heteroatoms. The van der Waals surface area contributed by atoms with Gasteiger partial charge in [-0.1, -0.05) is 12.1 Å². The van der Waals surface area contributed by atoms with E-state index in [0.717, 1.165) is 17.3 Å². The number of rotatable bonds is 7. The fourth-order valence-electron chi connectivity index (χ4n) is 2.74. The van der Waals surface area contributed by atoms with Crippen LogP contribution in [-0.4, -0.2) is 47.9 Å². The SMILES string of the molecule is C[C@@H](O)CNc1nc2ccccc2n1CC(=O)Nc1ccc(S(C)(=O)=O)cc1. The largest absolute Gasteiger partial charge is 0.392 e. The molecule has 1 amide bonds. The number of anilines is 2. The third-order valence-electron chi connectivity index (χ3n) is 4.08. The predicted octanol–water partition coefficient (Wildman–Crippen LogP) is 1.87. The van der Waals surface area contributed by atoms with Gasteiger partial charge in [0.2, 0.25) is 11.9 Å². The summed E-state index contributed by atoms with van der Waals surface area (Å²) in [6, 6.07) is 13.4. The summed E-state index contributed by atoms with van der Waals surface area (Å²) < 4.78 is 24.8. The highest BCUT2D eigenvalue weighted by Crippen LogP contribution is 2.20. The predicted molar refractivity (Wildman–Crippen MR) is 108 cm³/mol. The highest BCUT2D eigenvalue weighted by molar-refractivity contribution is 7.90. The quantitative estimate of drug-likeness (QED) is 0.556. The second-order valence-corrected chi connectivity index (χ2v) is 8.60. The lowest BCUT2D eigenvalue weighted by Gasteiger charge is -2.12. The molecule has 1 heterocycles. The van der Waals surface area contributed by atoms with Crippen LogP contribution in [0.1, 0.15) is 6.92 Å². The van der Waals surface area contributed by atoms with Crippen molar-refractivity contribution in [2.75, 3.05) is 23.4 Å². The summed E-state index contributed by atoms with van der Waals surface area (Å²) in [7, 11) is -3.29. The van der Waals surface area contributed by atoms with E-state index in [1.165, 1.54) is 12.1 Å². The molecule has 1 aromatic heterocycles. The van der Waals surface area contributed by atoms with Crippen molar-refractivity contribution in [2.45, 2.75) is 24.5 Å². The number of benzene rings is 2. The van der Waals surface area contributed by atoms with Crippen LogP contribution < -0.4 is 10.6 Å². The van der Waals surface area contributed by atoms with E-state index >= 15 is 0 Å². The lowest BCUT2D eigenvalue weighted by Crippen LogP contribution is -2.22. The van der Waals surface area contributed by atoms with Gasteiger partial charge in [0, 0.05) is 18.5 Å². The zero-order chi connectivity index (χ0) is 20.3. The molecule has 0 unspecified atom stereocenters. The van der Waals surface area contributed by atoms with Crippen LogP contribution in [-0.2, 0) is 21.2 Å². The number of aliphatic hydroxyl groups is 1. The van der Waals surface area contributed by atoms with E-state index in [1.807, 2.05) is 24.3 Å². The van der Waals surface area contributed by atoms with Crippen LogP contribution in [0.25, 0.3) is 11.0 Å². The molecule has 0 saturated carbocycles. The summed E-state index contributed by atoms with van der Waals surface area (Å²) in [4.78, 5) is 17.2. The maximum Gasteiger partial charge on any atom is 0.244 e. The molecule has 0 bridgehead atoms. The van der Waals surface area contributed by atoms with Crippen LogP contribution in [0.2, 0.25) is 0 Å². The Morgan fingerprint density at radius 2 is 1.86 bits per heavy atom. The Kier molecular flexibility index (Phi) is 5.66. The summed E-state index contributed by atoms with van der Waals surface area (Å²) in [5.74, 6) is 0.208. The molecular weight excluding hydrogens is 380 g/mol. The topological polar surface area (TPSA) is 113 Å². The molecule has 3 N–H and O–H groups in total. The number of sulfone groups is 1. The molecule has 0 aliphatic heterocycles. The molecule has 0 saturated heterocycles. The Bertz CT molecular complexity index is 1090. The molecule has 0 fully saturated rings. The monoisotopic (exact) mass is 402 g/mol. The maximum absolute atomic E-state index is 12.5. The summed E-state index contributed by atoms with van der Waals surface area (Å²) in [5.41, 5.74) is 2.03. The van der Waals surface area contributed by atoms with E-state index in [0.29, 0.717) is 18.2 Å². The molecule has 3 rings (SSSR count). The molecule has 8 nitrogen and oxygen atoms in total. The lowest BCUT2D eigenvalue weighted by molar-refractivity contribution is -0.116. The van der Waals surface area contributed by atoms with Crippen LogP contribution in [0.5, 0.6) is 0 Å². The van der Waals surface area contributed by atoms with Crippen molar-refractivity contribution in [1.29, 1.82) is 0 Å². The van der Waals surface area contributed by atoms with Gasteiger partial charge < -0.3 is 20.3 Å². The zero-order valence-electron chi connectivity index (χ0n) is 15.6. The minimum absolute atomic E-state index is 0.0104. The molecule has 0 spiro atoms. The molecule has 0 aliphatic carbocycles. The summed E-state index contributed by atoms with van der Waals surface area (Å²) in [6.45, 7) is 1.97. The fourth-order valence-corrected chi connectivity index (χ4v) is 3.37. The van der Waals surface area contributed by atoms with Gasteiger partial charge in [0.15, 0.2) is 9.84 Å². The number of fused-ring (bicyclic) bond motifs is 1. The number of nitrogens with zero attached hydrogens (tertiary/aromatic N) is 2. The average molecular weight is 402 g/mol. The first kappa shape index (κ1) is 19.8. The number of carbonyl (C=O) groups excluding carboxylic acids is 1. The summed E-state index contributed by atoms with van der Waals surface area (Å²) >= 11 is 0. The Balaban J connectivity index is 1.79.